The van der Waals surface area contributed by atoms with E-state index in [0.717, 1.165) is 36.2 Å². The number of hydrogen-bond acceptors (Lipinski definition) is 3. The molecule has 0 unspecified atom stereocenters. The van der Waals surface area contributed by atoms with Gasteiger partial charge in [-0.3, -0.25) is 4.79 Å². The molecule has 7 heteroatoms. The van der Waals surface area contributed by atoms with Gasteiger partial charge in [0.1, 0.15) is 0 Å². The Bertz CT molecular complexity index is 955. The number of amides is 1. The van der Waals surface area contributed by atoms with E-state index < -0.39 is 5.76 Å². The summed E-state index contributed by atoms with van der Waals surface area (Å²) < 4.78 is 26.7. The van der Waals surface area contributed by atoms with Gasteiger partial charge in [0.25, 0.3) is 11.7 Å². The highest BCUT2D eigenvalue weighted by Crippen LogP contribution is 2.29. The number of anilines is 1. The Morgan fingerprint density at radius 3 is 2.52 bits per heavy atom. The van der Waals surface area contributed by atoms with Gasteiger partial charge < -0.3 is 5.32 Å². The maximum atomic E-state index is 12.8. The molecule has 0 saturated carbocycles. The number of carbonyl (C=O) groups excluding carboxylic acids is 1. The number of nitrogens with zero attached hydrogens (tertiary/aromatic N) is 2. The standard InChI is InChI=1S/C20H17F2N3OS/c21-20(22)27-15-11-9-13(10-12-15)23-19(26)18-16-7-4-8-17(16)25(24-18)14-5-2-1-3-6-14/h1-3,5-6,9-12,20H,4,7-8H2,(H,23,26). The number of para-hydroxylation sites is 1. The summed E-state index contributed by atoms with van der Waals surface area (Å²) in [6.07, 6.45) is 2.72. The Labute approximate surface area is 159 Å². The lowest BCUT2D eigenvalue weighted by Crippen LogP contribution is -2.14. The number of fused-ring (bicyclic) bond motifs is 1. The predicted molar refractivity (Wildman–Crippen MR) is 102 cm³/mol. The zero-order valence-corrected chi connectivity index (χ0v) is 15.2. The number of nitrogens with one attached hydrogen (secondary N) is 1. The first-order chi connectivity index (χ1) is 13.1. The molecule has 1 heterocycles. The first-order valence-corrected chi connectivity index (χ1v) is 9.52. The van der Waals surface area contributed by atoms with E-state index >= 15 is 0 Å². The SMILES string of the molecule is O=C(Nc1ccc(SC(F)F)cc1)c1nn(-c2ccccc2)c2c1CCC2. The fourth-order valence-electron chi connectivity index (χ4n) is 3.31. The molecule has 138 valence electrons. The first-order valence-electron chi connectivity index (χ1n) is 8.64. The fraction of sp³-hybridized carbons (Fsp3) is 0.200. The van der Waals surface area contributed by atoms with Gasteiger partial charge in [0.15, 0.2) is 5.69 Å². The zero-order chi connectivity index (χ0) is 18.8. The molecule has 4 rings (SSSR count). The molecule has 27 heavy (non-hydrogen) atoms. The quantitative estimate of drug-likeness (QED) is 0.634. The molecule has 0 bridgehead atoms. The smallest absolute Gasteiger partial charge is 0.288 e. The third-order valence-corrected chi connectivity index (χ3v) is 5.21. The van der Waals surface area contributed by atoms with Gasteiger partial charge in [-0.2, -0.15) is 13.9 Å². The molecule has 0 fully saturated rings. The Morgan fingerprint density at radius 1 is 1.07 bits per heavy atom. The summed E-state index contributed by atoms with van der Waals surface area (Å²) in [5, 5.41) is 7.38. The second-order valence-corrected chi connectivity index (χ2v) is 7.30. The lowest BCUT2D eigenvalue weighted by molar-refractivity contribution is 0.102. The summed E-state index contributed by atoms with van der Waals surface area (Å²) in [6, 6.07) is 16.1. The van der Waals surface area contributed by atoms with E-state index in [1.165, 1.54) is 0 Å². The van der Waals surface area contributed by atoms with Crippen molar-refractivity contribution in [3.8, 4) is 5.69 Å². The molecule has 1 aromatic heterocycles. The van der Waals surface area contributed by atoms with Crippen LogP contribution in [0, 0.1) is 0 Å². The lowest BCUT2D eigenvalue weighted by atomic mass is 10.2. The van der Waals surface area contributed by atoms with E-state index in [1.54, 1.807) is 24.3 Å². The van der Waals surface area contributed by atoms with Gasteiger partial charge in [0, 0.05) is 21.8 Å². The summed E-state index contributed by atoms with van der Waals surface area (Å²) in [5.41, 5.74) is 3.98. The largest absolute Gasteiger partial charge is 0.321 e. The van der Waals surface area contributed by atoms with Crippen molar-refractivity contribution in [2.24, 2.45) is 0 Å². The molecular formula is C20H17F2N3OS. The number of benzene rings is 2. The second kappa shape index (κ2) is 7.52. The van der Waals surface area contributed by atoms with Crippen molar-refractivity contribution in [2.45, 2.75) is 29.9 Å². The van der Waals surface area contributed by atoms with Crippen LogP contribution in [0.25, 0.3) is 5.69 Å². The average Bonchev–Trinajstić information content (AvgIpc) is 3.26. The van der Waals surface area contributed by atoms with Crippen LogP contribution in [-0.2, 0) is 12.8 Å². The van der Waals surface area contributed by atoms with Crippen molar-refractivity contribution in [3.05, 3.63) is 71.5 Å². The number of hydrogen-bond donors (Lipinski definition) is 1. The number of halogens is 2. The molecule has 3 aromatic rings. The van der Waals surface area contributed by atoms with Crippen LogP contribution in [0.4, 0.5) is 14.5 Å². The molecule has 0 aliphatic heterocycles. The molecule has 1 amide bonds. The van der Waals surface area contributed by atoms with Crippen LogP contribution in [0.3, 0.4) is 0 Å². The summed E-state index contributed by atoms with van der Waals surface area (Å²) in [5.74, 6) is -2.74. The molecule has 0 spiro atoms. The van der Waals surface area contributed by atoms with Crippen molar-refractivity contribution >= 4 is 23.4 Å². The number of aromatic nitrogens is 2. The van der Waals surface area contributed by atoms with Crippen LogP contribution < -0.4 is 5.32 Å². The van der Waals surface area contributed by atoms with E-state index in [0.29, 0.717) is 28.0 Å². The molecule has 4 nitrogen and oxygen atoms in total. The van der Waals surface area contributed by atoms with Gasteiger partial charge in [-0.1, -0.05) is 30.0 Å². The van der Waals surface area contributed by atoms with E-state index in [9.17, 15) is 13.6 Å². The van der Waals surface area contributed by atoms with Gasteiger partial charge in [-0.05, 0) is 55.7 Å². The topological polar surface area (TPSA) is 46.9 Å². The molecule has 0 saturated heterocycles. The second-order valence-electron chi connectivity index (χ2n) is 6.23. The molecule has 1 aliphatic carbocycles. The van der Waals surface area contributed by atoms with Crippen LogP contribution in [0.1, 0.15) is 28.2 Å². The van der Waals surface area contributed by atoms with Gasteiger partial charge in [-0.25, -0.2) is 4.68 Å². The zero-order valence-electron chi connectivity index (χ0n) is 14.4. The minimum absolute atomic E-state index is 0.280. The minimum Gasteiger partial charge on any atom is -0.321 e. The molecule has 0 radical (unpaired) electrons. The third-order valence-electron chi connectivity index (χ3n) is 4.48. The maximum Gasteiger partial charge on any atom is 0.288 e. The molecule has 1 N–H and O–H groups in total. The Hall–Kier alpha value is -2.67. The van der Waals surface area contributed by atoms with E-state index in [1.807, 2.05) is 35.0 Å². The molecule has 2 aromatic carbocycles. The van der Waals surface area contributed by atoms with Crippen molar-refractivity contribution < 1.29 is 13.6 Å². The van der Waals surface area contributed by atoms with Crippen LogP contribution in [0.15, 0.2) is 59.5 Å². The third kappa shape index (κ3) is 3.73. The maximum absolute atomic E-state index is 12.8. The Morgan fingerprint density at radius 2 is 1.81 bits per heavy atom. The summed E-state index contributed by atoms with van der Waals surface area (Å²) in [4.78, 5) is 13.2. The lowest BCUT2D eigenvalue weighted by Gasteiger charge is -2.06. The summed E-state index contributed by atoms with van der Waals surface area (Å²) >= 11 is 0.478. The number of carbonyl (C=O) groups is 1. The average molecular weight is 385 g/mol. The number of thioether (sulfide) groups is 1. The van der Waals surface area contributed by atoms with E-state index in [4.69, 9.17) is 0 Å². The molecule has 1 aliphatic rings. The fourth-order valence-corrected chi connectivity index (χ4v) is 3.81. The van der Waals surface area contributed by atoms with Crippen LogP contribution in [0.5, 0.6) is 0 Å². The van der Waals surface area contributed by atoms with Crippen LogP contribution in [-0.4, -0.2) is 21.4 Å². The van der Waals surface area contributed by atoms with Gasteiger partial charge >= 0.3 is 0 Å². The van der Waals surface area contributed by atoms with Crippen molar-refractivity contribution in [3.63, 3.8) is 0 Å². The van der Waals surface area contributed by atoms with Gasteiger partial charge in [-0.15, -0.1) is 0 Å². The molecular weight excluding hydrogens is 368 g/mol. The normalized spacial score (nSPS) is 13.0. The monoisotopic (exact) mass is 385 g/mol. The predicted octanol–water partition coefficient (Wildman–Crippen LogP) is 4.93. The van der Waals surface area contributed by atoms with E-state index in [2.05, 4.69) is 10.4 Å². The van der Waals surface area contributed by atoms with Crippen molar-refractivity contribution in [2.75, 3.05) is 5.32 Å². The number of alkyl halides is 2. The minimum atomic E-state index is -2.46. The first kappa shape index (κ1) is 17.7. The van der Waals surface area contributed by atoms with E-state index in [-0.39, 0.29) is 5.91 Å². The summed E-state index contributed by atoms with van der Waals surface area (Å²) in [7, 11) is 0. The highest BCUT2D eigenvalue weighted by Gasteiger charge is 2.27. The van der Waals surface area contributed by atoms with Crippen molar-refractivity contribution in [1.29, 1.82) is 0 Å². The Balaban J connectivity index is 1.58. The van der Waals surface area contributed by atoms with Crippen molar-refractivity contribution in [1.82, 2.24) is 9.78 Å². The highest BCUT2D eigenvalue weighted by molar-refractivity contribution is 7.99. The van der Waals surface area contributed by atoms with Crippen LogP contribution >= 0.6 is 11.8 Å². The van der Waals surface area contributed by atoms with Gasteiger partial charge in [0.2, 0.25) is 0 Å². The van der Waals surface area contributed by atoms with Crippen LogP contribution in [0.2, 0.25) is 0 Å². The van der Waals surface area contributed by atoms with Gasteiger partial charge in [0.05, 0.1) is 5.69 Å². The molecule has 0 atom stereocenters. The highest BCUT2D eigenvalue weighted by atomic mass is 32.2. The Kier molecular flexibility index (Phi) is 4.94. The summed E-state index contributed by atoms with van der Waals surface area (Å²) in [6.45, 7) is 0. The number of rotatable bonds is 5.